The number of hydrogen-bond donors (Lipinski definition) is 0. The molecule has 2 aliphatic rings. The van der Waals surface area contributed by atoms with Crippen molar-refractivity contribution < 1.29 is 0 Å². The molecule has 0 fully saturated rings. The summed E-state index contributed by atoms with van der Waals surface area (Å²) in [4.78, 5) is 4.49. The highest BCUT2D eigenvalue weighted by Gasteiger charge is 2.30. The Hall–Kier alpha value is -6.10. The second kappa shape index (κ2) is 10.8. The van der Waals surface area contributed by atoms with Crippen molar-refractivity contribution in [3.05, 3.63) is 167 Å². The molecule has 4 heteroatoms. The van der Waals surface area contributed by atoms with Crippen LogP contribution in [0, 0.1) is 22.7 Å². The van der Waals surface area contributed by atoms with E-state index >= 15 is 0 Å². The van der Waals surface area contributed by atoms with Gasteiger partial charge >= 0.3 is 0 Å². The van der Waals surface area contributed by atoms with Gasteiger partial charge in [0.1, 0.15) is 0 Å². The highest BCUT2D eigenvalue weighted by Crippen LogP contribution is 2.51. The number of rotatable bonds is 3. The van der Waals surface area contributed by atoms with Crippen LogP contribution < -0.4 is 9.80 Å². The average molecular weight is 591 g/mol. The van der Waals surface area contributed by atoms with Crippen molar-refractivity contribution in [3.8, 4) is 23.3 Å². The second-order valence-corrected chi connectivity index (χ2v) is 12.0. The maximum Gasteiger partial charge on any atom is 0.0998 e. The van der Waals surface area contributed by atoms with Gasteiger partial charge in [-0.15, -0.1) is 0 Å². The molecule has 0 radical (unpaired) electrons. The summed E-state index contributed by atoms with van der Waals surface area (Å²) in [5.41, 5.74) is 13.8. The van der Waals surface area contributed by atoms with Crippen LogP contribution in [0.5, 0.6) is 0 Å². The first-order valence-electron chi connectivity index (χ1n) is 15.6. The van der Waals surface area contributed by atoms with Crippen LogP contribution in [-0.2, 0) is 0 Å². The number of nitrogens with zero attached hydrogens (tertiary/aromatic N) is 4. The van der Waals surface area contributed by atoms with E-state index < -0.39 is 0 Å². The van der Waals surface area contributed by atoms with Gasteiger partial charge in [-0.1, -0.05) is 98.8 Å². The average Bonchev–Trinajstić information content (AvgIpc) is 3.12. The molecule has 2 aliphatic heterocycles. The van der Waals surface area contributed by atoms with E-state index in [0.717, 1.165) is 45.3 Å². The highest BCUT2D eigenvalue weighted by molar-refractivity contribution is 5.89. The number of anilines is 6. The Morgan fingerprint density at radius 3 is 1.04 bits per heavy atom. The maximum absolute atomic E-state index is 10.4. The monoisotopic (exact) mass is 590 g/mol. The van der Waals surface area contributed by atoms with E-state index in [9.17, 15) is 10.5 Å². The molecule has 2 heterocycles. The first-order chi connectivity index (χ1) is 22.6. The second-order valence-electron chi connectivity index (χ2n) is 12.0. The van der Waals surface area contributed by atoms with Crippen molar-refractivity contribution in [2.24, 2.45) is 0 Å². The zero-order valence-corrected chi connectivity index (χ0v) is 25.6. The van der Waals surface area contributed by atoms with Gasteiger partial charge in [0.05, 0.1) is 23.3 Å². The topological polar surface area (TPSA) is 54.1 Å². The lowest BCUT2D eigenvalue weighted by Gasteiger charge is -2.37. The zero-order valence-electron chi connectivity index (χ0n) is 25.6. The molecule has 0 saturated heterocycles. The Labute approximate surface area is 269 Å². The smallest absolute Gasteiger partial charge is 0.0998 e. The first kappa shape index (κ1) is 27.4. The van der Waals surface area contributed by atoms with Crippen LogP contribution in [0.1, 0.15) is 59.1 Å². The zero-order chi connectivity index (χ0) is 31.4. The molecule has 218 valence electrons. The first-order valence-corrected chi connectivity index (χ1v) is 15.6. The normalized spacial score (nSPS) is 13.6. The molecule has 0 N–H and O–H groups in total. The van der Waals surface area contributed by atoms with E-state index in [2.05, 4.69) is 145 Å². The summed E-state index contributed by atoms with van der Waals surface area (Å²) >= 11 is 0. The molecule has 0 amide bonds. The van der Waals surface area contributed by atoms with Crippen LogP contribution in [-0.4, -0.2) is 0 Å². The van der Waals surface area contributed by atoms with Gasteiger partial charge in [0.2, 0.25) is 0 Å². The molecular formula is C42H30N4. The van der Waals surface area contributed by atoms with Gasteiger partial charge in [0.25, 0.3) is 0 Å². The molecule has 0 spiro atoms. The third-order valence-corrected chi connectivity index (χ3v) is 9.63. The Kier molecular flexibility index (Phi) is 6.45. The molecule has 8 rings (SSSR count). The molecule has 0 aliphatic carbocycles. The minimum absolute atomic E-state index is 0.261. The fourth-order valence-electron chi connectivity index (χ4n) is 7.38. The number of hydrogen-bond acceptors (Lipinski definition) is 4. The summed E-state index contributed by atoms with van der Waals surface area (Å²) in [6, 6.07) is 50.8. The third kappa shape index (κ3) is 4.12. The summed E-state index contributed by atoms with van der Waals surface area (Å²) in [5.74, 6) is 0.522. The van der Waals surface area contributed by atoms with E-state index in [1.807, 2.05) is 24.3 Å². The quantitative estimate of drug-likeness (QED) is 0.206. The van der Waals surface area contributed by atoms with Gasteiger partial charge in [0, 0.05) is 57.1 Å². The van der Waals surface area contributed by atoms with Crippen LogP contribution in [0.2, 0.25) is 0 Å². The SMILES string of the molecule is CC1c2ccccc2N(c2ccc(-c3ccc(N4c5ccccc5C(C)c5ccccc54)cc3C#N)c(C#N)c2)c2ccccc21. The van der Waals surface area contributed by atoms with E-state index in [4.69, 9.17) is 0 Å². The lowest BCUT2D eigenvalue weighted by atomic mass is 9.85. The van der Waals surface area contributed by atoms with Crippen molar-refractivity contribution in [2.75, 3.05) is 9.80 Å². The molecule has 6 aromatic carbocycles. The van der Waals surface area contributed by atoms with Crippen molar-refractivity contribution in [3.63, 3.8) is 0 Å². The lowest BCUT2D eigenvalue weighted by Crippen LogP contribution is -2.20. The molecule has 0 aromatic heterocycles. The van der Waals surface area contributed by atoms with Crippen LogP contribution in [0.3, 0.4) is 0 Å². The minimum Gasteiger partial charge on any atom is -0.310 e. The number of para-hydroxylation sites is 4. The standard InChI is InChI=1S/C42H30N4/c1-27-33-11-3-7-15-39(33)45(40-16-8-4-12-34(27)40)31-19-21-37(29(23-31)25-43)38-22-20-32(24-30(38)26-44)46-41-17-9-5-13-35(41)28(2)36-14-6-10-18-42(36)46/h3-24,27-28H,1-2H3. The summed E-state index contributed by atoms with van der Waals surface area (Å²) < 4.78 is 0. The summed E-state index contributed by atoms with van der Waals surface area (Å²) in [6.45, 7) is 4.49. The number of fused-ring (bicyclic) bond motifs is 4. The summed E-state index contributed by atoms with van der Waals surface area (Å²) in [6.07, 6.45) is 0. The third-order valence-electron chi connectivity index (χ3n) is 9.63. The molecule has 6 aromatic rings. The van der Waals surface area contributed by atoms with Gasteiger partial charge in [-0.2, -0.15) is 10.5 Å². The Balaban J connectivity index is 1.24. The van der Waals surface area contributed by atoms with E-state index in [1.54, 1.807) is 0 Å². The van der Waals surface area contributed by atoms with E-state index in [1.165, 1.54) is 22.3 Å². The van der Waals surface area contributed by atoms with Crippen molar-refractivity contribution >= 4 is 34.1 Å². The van der Waals surface area contributed by atoms with E-state index in [0.29, 0.717) is 11.1 Å². The molecule has 0 saturated carbocycles. The predicted molar refractivity (Wildman–Crippen MR) is 186 cm³/mol. The maximum atomic E-state index is 10.4. The Morgan fingerprint density at radius 1 is 0.435 bits per heavy atom. The summed E-state index contributed by atoms with van der Waals surface area (Å²) in [7, 11) is 0. The van der Waals surface area contributed by atoms with Crippen LogP contribution >= 0.6 is 0 Å². The number of benzene rings is 6. The minimum atomic E-state index is 0.261. The van der Waals surface area contributed by atoms with Gasteiger partial charge in [0.15, 0.2) is 0 Å². The molecule has 0 bridgehead atoms. The van der Waals surface area contributed by atoms with Crippen LogP contribution in [0.4, 0.5) is 34.1 Å². The molecule has 0 unspecified atom stereocenters. The van der Waals surface area contributed by atoms with Crippen LogP contribution in [0.15, 0.2) is 133 Å². The molecule has 46 heavy (non-hydrogen) atoms. The molecule has 4 nitrogen and oxygen atoms in total. The molecule has 0 atom stereocenters. The largest absolute Gasteiger partial charge is 0.310 e. The number of nitriles is 2. The van der Waals surface area contributed by atoms with Crippen molar-refractivity contribution in [1.82, 2.24) is 0 Å². The van der Waals surface area contributed by atoms with Gasteiger partial charge in [-0.3, -0.25) is 0 Å². The fraction of sp³-hybridized carbons (Fsp3) is 0.0952. The predicted octanol–water partition coefficient (Wildman–Crippen LogP) is 11.0. The summed E-state index contributed by atoms with van der Waals surface area (Å²) in [5, 5.41) is 20.9. The van der Waals surface area contributed by atoms with Gasteiger partial charge in [-0.25, -0.2) is 0 Å². The highest BCUT2D eigenvalue weighted by atomic mass is 15.2. The van der Waals surface area contributed by atoms with Gasteiger partial charge < -0.3 is 9.80 Å². The Morgan fingerprint density at radius 2 is 0.739 bits per heavy atom. The van der Waals surface area contributed by atoms with Crippen molar-refractivity contribution in [2.45, 2.75) is 25.7 Å². The molecular weight excluding hydrogens is 560 g/mol. The van der Waals surface area contributed by atoms with Crippen LogP contribution in [0.25, 0.3) is 11.1 Å². The fourth-order valence-corrected chi connectivity index (χ4v) is 7.38. The van der Waals surface area contributed by atoms with Crippen molar-refractivity contribution in [1.29, 1.82) is 10.5 Å². The Bertz CT molecular complexity index is 2000. The van der Waals surface area contributed by atoms with Gasteiger partial charge in [-0.05, 0) is 70.8 Å². The lowest BCUT2D eigenvalue weighted by molar-refractivity contribution is 0.892. The van der Waals surface area contributed by atoms with E-state index in [-0.39, 0.29) is 11.8 Å².